The third-order valence-electron chi connectivity index (χ3n) is 5.79. The minimum atomic E-state index is 0.801. The number of unbranched alkanes of at least 4 members (excludes halogenated alkanes) is 4. The first kappa shape index (κ1) is 23.1. The number of aromatic nitrogens is 1. The van der Waals surface area contributed by atoms with E-state index in [1.165, 1.54) is 54.4 Å². The molecule has 0 atom stereocenters. The number of pyridine rings is 1. The summed E-state index contributed by atoms with van der Waals surface area (Å²) >= 11 is 0. The summed E-state index contributed by atoms with van der Waals surface area (Å²) in [4.78, 5) is 4.71. The van der Waals surface area contributed by atoms with Crippen LogP contribution in [0.3, 0.4) is 0 Å². The molecule has 0 aliphatic rings. The number of hydrogen-bond donors (Lipinski definition) is 0. The SMILES string of the molecule is CCCCCCc1ccc(-c2ccc(CCc3ccc(OCCCC)cc3)cn2)cc1. The molecule has 31 heavy (non-hydrogen) atoms. The van der Waals surface area contributed by atoms with Crippen molar-refractivity contribution in [3.05, 3.63) is 83.6 Å². The van der Waals surface area contributed by atoms with Gasteiger partial charge in [0.15, 0.2) is 0 Å². The van der Waals surface area contributed by atoms with Crippen LogP contribution in [0.25, 0.3) is 11.3 Å². The van der Waals surface area contributed by atoms with Gasteiger partial charge in [0.25, 0.3) is 0 Å². The normalized spacial score (nSPS) is 10.9. The predicted octanol–water partition coefficient (Wildman–Crippen LogP) is 7.84. The van der Waals surface area contributed by atoms with E-state index in [4.69, 9.17) is 9.72 Å². The van der Waals surface area contributed by atoms with Gasteiger partial charge in [0.1, 0.15) is 5.75 Å². The van der Waals surface area contributed by atoms with Gasteiger partial charge >= 0.3 is 0 Å². The van der Waals surface area contributed by atoms with Gasteiger partial charge in [0.2, 0.25) is 0 Å². The molecule has 2 heteroatoms. The van der Waals surface area contributed by atoms with Gasteiger partial charge in [0.05, 0.1) is 12.3 Å². The first-order valence-electron chi connectivity index (χ1n) is 12.0. The van der Waals surface area contributed by atoms with Crippen molar-refractivity contribution >= 4 is 0 Å². The Morgan fingerprint density at radius 3 is 1.94 bits per heavy atom. The summed E-state index contributed by atoms with van der Waals surface area (Å²) in [6, 6.07) is 21.8. The lowest BCUT2D eigenvalue weighted by atomic mass is 10.0. The minimum absolute atomic E-state index is 0.801. The average Bonchev–Trinajstić information content (AvgIpc) is 2.82. The summed E-state index contributed by atoms with van der Waals surface area (Å²) in [5.41, 5.74) is 6.29. The van der Waals surface area contributed by atoms with Crippen LogP contribution in [-0.2, 0) is 19.3 Å². The molecule has 0 bridgehead atoms. The highest BCUT2D eigenvalue weighted by molar-refractivity contribution is 5.59. The molecule has 0 aliphatic heterocycles. The van der Waals surface area contributed by atoms with E-state index >= 15 is 0 Å². The van der Waals surface area contributed by atoms with Crippen molar-refractivity contribution in [1.82, 2.24) is 4.98 Å². The van der Waals surface area contributed by atoms with Crippen molar-refractivity contribution in [3.63, 3.8) is 0 Å². The maximum absolute atomic E-state index is 5.75. The monoisotopic (exact) mass is 415 g/mol. The lowest BCUT2D eigenvalue weighted by Crippen LogP contribution is -1.97. The molecule has 0 amide bonds. The van der Waals surface area contributed by atoms with Gasteiger partial charge in [-0.3, -0.25) is 4.98 Å². The number of aryl methyl sites for hydroxylation is 3. The van der Waals surface area contributed by atoms with Crippen LogP contribution < -0.4 is 4.74 Å². The minimum Gasteiger partial charge on any atom is -0.494 e. The topological polar surface area (TPSA) is 22.1 Å². The lowest BCUT2D eigenvalue weighted by molar-refractivity contribution is 0.309. The van der Waals surface area contributed by atoms with Crippen LogP contribution in [-0.4, -0.2) is 11.6 Å². The average molecular weight is 416 g/mol. The zero-order valence-electron chi connectivity index (χ0n) is 19.3. The Balaban J connectivity index is 1.47. The van der Waals surface area contributed by atoms with E-state index in [1.54, 1.807) is 0 Å². The fourth-order valence-electron chi connectivity index (χ4n) is 3.72. The molecule has 0 fully saturated rings. The Bertz CT molecular complexity index is 866. The number of benzene rings is 2. The predicted molar refractivity (Wildman–Crippen MR) is 132 cm³/mol. The van der Waals surface area contributed by atoms with Crippen molar-refractivity contribution in [1.29, 1.82) is 0 Å². The molecule has 0 saturated carbocycles. The van der Waals surface area contributed by atoms with Gasteiger partial charge in [0, 0.05) is 11.8 Å². The van der Waals surface area contributed by atoms with E-state index in [-0.39, 0.29) is 0 Å². The molecule has 0 N–H and O–H groups in total. The Morgan fingerprint density at radius 1 is 0.613 bits per heavy atom. The Kier molecular flexibility index (Phi) is 9.63. The largest absolute Gasteiger partial charge is 0.494 e. The second-order valence-corrected chi connectivity index (χ2v) is 8.41. The third kappa shape index (κ3) is 7.86. The molecule has 0 radical (unpaired) electrons. The number of ether oxygens (including phenoxy) is 1. The summed E-state index contributed by atoms with van der Waals surface area (Å²) in [5, 5.41) is 0. The van der Waals surface area contributed by atoms with Crippen molar-refractivity contribution in [2.24, 2.45) is 0 Å². The third-order valence-corrected chi connectivity index (χ3v) is 5.79. The first-order chi connectivity index (χ1) is 15.3. The first-order valence-corrected chi connectivity index (χ1v) is 12.0. The summed E-state index contributed by atoms with van der Waals surface area (Å²) in [6.07, 6.45) is 12.7. The molecule has 2 nitrogen and oxygen atoms in total. The maximum Gasteiger partial charge on any atom is 0.119 e. The van der Waals surface area contributed by atoms with Gasteiger partial charge in [-0.15, -0.1) is 0 Å². The molecular formula is C29H37NO. The summed E-state index contributed by atoms with van der Waals surface area (Å²) in [7, 11) is 0. The second-order valence-electron chi connectivity index (χ2n) is 8.41. The number of rotatable bonds is 13. The number of hydrogen-bond acceptors (Lipinski definition) is 2. The van der Waals surface area contributed by atoms with Crippen molar-refractivity contribution in [2.45, 2.75) is 71.6 Å². The van der Waals surface area contributed by atoms with Crippen molar-refractivity contribution < 1.29 is 4.74 Å². The van der Waals surface area contributed by atoms with Crippen LogP contribution in [0.4, 0.5) is 0 Å². The standard InChI is InChI=1S/C29H37NO/c1-3-5-7-8-9-24-12-17-27(18-13-24)29-21-16-26(23-30-29)11-10-25-14-19-28(20-15-25)31-22-6-4-2/h12-21,23H,3-11,22H2,1-2H3. The van der Waals surface area contributed by atoms with E-state index in [2.05, 4.69) is 74.5 Å². The van der Waals surface area contributed by atoms with E-state index in [0.717, 1.165) is 43.7 Å². The quantitative estimate of drug-likeness (QED) is 0.265. The van der Waals surface area contributed by atoms with E-state index in [0.29, 0.717) is 0 Å². The molecule has 1 aromatic heterocycles. The molecule has 1 heterocycles. The zero-order chi connectivity index (χ0) is 21.7. The van der Waals surface area contributed by atoms with Crippen LogP contribution in [0.1, 0.15) is 69.1 Å². The molecule has 0 unspecified atom stereocenters. The molecule has 2 aromatic carbocycles. The highest BCUT2D eigenvalue weighted by Gasteiger charge is 2.02. The highest BCUT2D eigenvalue weighted by atomic mass is 16.5. The molecule has 0 saturated heterocycles. The van der Waals surface area contributed by atoms with Gasteiger partial charge in [-0.25, -0.2) is 0 Å². The maximum atomic E-state index is 5.75. The van der Waals surface area contributed by atoms with Crippen LogP contribution >= 0.6 is 0 Å². The van der Waals surface area contributed by atoms with Gasteiger partial charge in [-0.1, -0.05) is 82.0 Å². The van der Waals surface area contributed by atoms with Crippen LogP contribution in [0.2, 0.25) is 0 Å². The van der Waals surface area contributed by atoms with Crippen molar-refractivity contribution in [2.75, 3.05) is 6.61 Å². The van der Waals surface area contributed by atoms with Gasteiger partial charge in [-0.05, 0) is 67.0 Å². The lowest BCUT2D eigenvalue weighted by Gasteiger charge is -2.08. The van der Waals surface area contributed by atoms with Gasteiger partial charge in [-0.2, -0.15) is 0 Å². The van der Waals surface area contributed by atoms with Crippen LogP contribution in [0.15, 0.2) is 66.9 Å². The van der Waals surface area contributed by atoms with E-state index in [1.807, 2.05) is 6.20 Å². The molecule has 3 aromatic rings. The number of nitrogens with zero attached hydrogens (tertiary/aromatic N) is 1. The summed E-state index contributed by atoms with van der Waals surface area (Å²) < 4.78 is 5.75. The smallest absolute Gasteiger partial charge is 0.119 e. The molecule has 164 valence electrons. The highest BCUT2D eigenvalue weighted by Crippen LogP contribution is 2.20. The molecule has 3 rings (SSSR count). The van der Waals surface area contributed by atoms with E-state index < -0.39 is 0 Å². The summed E-state index contributed by atoms with van der Waals surface area (Å²) in [6.45, 7) is 5.24. The fraction of sp³-hybridized carbons (Fsp3) is 0.414. The zero-order valence-corrected chi connectivity index (χ0v) is 19.3. The molecular weight excluding hydrogens is 378 g/mol. The Morgan fingerprint density at radius 2 is 1.26 bits per heavy atom. The second kappa shape index (κ2) is 12.9. The van der Waals surface area contributed by atoms with Gasteiger partial charge < -0.3 is 4.74 Å². The van der Waals surface area contributed by atoms with Crippen LogP contribution in [0.5, 0.6) is 5.75 Å². The summed E-state index contributed by atoms with van der Waals surface area (Å²) in [5.74, 6) is 0.968. The van der Waals surface area contributed by atoms with Crippen molar-refractivity contribution in [3.8, 4) is 17.0 Å². The fourth-order valence-corrected chi connectivity index (χ4v) is 3.72. The molecule has 0 spiro atoms. The van der Waals surface area contributed by atoms with E-state index in [9.17, 15) is 0 Å². The molecule has 0 aliphatic carbocycles. The Labute approximate surface area is 188 Å². The van der Waals surface area contributed by atoms with Crippen LogP contribution in [0, 0.1) is 0 Å². The Hall–Kier alpha value is -2.61.